The van der Waals surface area contributed by atoms with Crippen LogP contribution in [0.5, 0.6) is 5.75 Å². The normalized spacial score (nSPS) is 23.7. The minimum Gasteiger partial charge on any atom is -0.427 e. The van der Waals surface area contributed by atoms with Crippen molar-refractivity contribution in [3.05, 3.63) is 41.5 Å². The minimum absolute atomic E-state index is 0.0913. The molecule has 2 saturated carbocycles. The molecule has 0 radical (unpaired) electrons. The van der Waals surface area contributed by atoms with Crippen molar-refractivity contribution in [1.29, 1.82) is 0 Å². The Bertz CT molecular complexity index is 947. The molecule has 3 heteroatoms. The number of carbonyl (C=O) groups excluding carboxylic acids is 2. The van der Waals surface area contributed by atoms with E-state index in [0.717, 1.165) is 44.9 Å². The van der Waals surface area contributed by atoms with Gasteiger partial charge in [-0.1, -0.05) is 89.4 Å². The number of hydrogen-bond donors (Lipinski definition) is 0. The molecular formula is C37H56O3. The van der Waals surface area contributed by atoms with E-state index in [0.29, 0.717) is 41.6 Å². The second kappa shape index (κ2) is 17.1. The number of allylic oxidation sites excluding steroid dienone is 2. The summed E-state index contributed by atoms with van der Waals surface area (Å²) in [6.45, 7) is 2.28. The van der Waals surface area contributed by atoms with Gasteiger partial charge in [0.25, 0.3) is 0 Å². The lowest BCUT2D eigenvalue weighted by atomic mass is 9.61. The van der Waals surface area contributed by atoms with Gasteiger partial charge in [0.2, 0.25) is 0 Å². The first-order valence-electron chi connectivity index (χ1n) is 17.2. The van der Waals surface area contributed by atoms with Gasteiger partial charge in [-0.2, -0.15) is 0 Å². The quantitative estimate of drug-likeness (QED) is 0.0793. The van der Waals surface area contributed by atoms with Crippen LogP contribution in [0.2, 0.25) is 0 Å². The molecule has 0 aromatic heterocycles. The van der Waals surface area contributed by atoms with Crippen LogP contribution in [0.15, 0.2) is 30.4 Å². The van der Waals surface area contributed by atoms with E-state index in [4.69, 9.17) is 4.74 Å². The minimum atomic E-state index is -0.0913. The van der Waals surface area contributed by atoms with Crippen LogP contribution < -0.4 is 4.74 Å². The van der Waals surface area contributed by atoms with Crippen LogP contribution in [0, 0.1) is 17.8 Å². The molecule has 3 aliphatic rings. The zero-order valence-electron chi connectivity index (χ0n) is 25.5. The molecular weight excluding hydrogens is 492 g/mol. The monoisotopic (exact) mass is 548 g/mol. The molecule has 0 bridgehead atoms. The third-order valence-corrected chi connectivity index (χ3v) is 10.1. The van der Waals surface area contributed by atoms with Crippen molar-refractivity contribution in [2.24, 2.45) is 17.8 Å². The Morgan fingerprint density at radius 1 is 0.750 bits per heavy atom. The Kier molecular flexibility index (Phi) is 13.3. The molecule has 0 aliphatic heterocycles. The molecule has 4 unspecified atom stereocenters. The van der Waals surface area contributed by atoms with Crippen molar-refractivity contribution in [3.8, 4) is 5.75 Å². The number of hydrogen-bond acceptors (Lipinski definition) is 3. The van der Waals surface area contributed by atoms with Crippen LogP contribution in [0.4, 0.5) is 0 Å². The molecule has 1 aromatic rings. The molecule has 3 nitrogen and oxygen atoms in total. The molecule has 0 spiro atoms. The van der Waals surface area contributed by atoms with E-state index < -0.39 is 0 Å². The lowest BCUT2D eigenvalue weighted by Gasteiger charge is -2.43. The lowest BCUT2D eigenvalue weighted by molar-refractivity contribution is -0.134. The van der Waals surface area contributed by atoms with Gasteiger partial charge in [0, 0.05) is 18.8 Å². The highest BCUT2D eigenvalue weighted by Crippen LogP contribution is 2.54. The zero-order valence-corrected chi connectivity index (χ0v) is 25.5. The van der Waals surface area contributed by atoms with Gasteiger partial charge in [0.05, 0.1) is 0 Å². The van der Waals surface area contributed by atoms with E-state index in [1.807, 2.05) is 6.07 Å². The van der Waals surface area contributed by atoms with Gasteiger partial charge in [-0.25, -0.2) is 0 Å². The third-order valence-electron chi connectivity index (χ3n) is 10.1. The number of rotatable bonds is 18. The van der Waals surface area contributed by atoms with Gasteiger partial charge in [-0.05, 0) is 105 Å². The number of Topliss-reactive ketones (excluding diaryl/α,β-unsaturated/α-hetero) is 1. The summed E-state index contributed by atoms with van der Waals surface area (Å²) in [5.74, 6) is 3.36. The van der Waals surface area contributed by atoms with E-state index in [2.05, 4.69) is 31.2 Å². The molecule has 40 heavy (non-hydrogen) atoms. The van der Waals surface area contributed by atoms with Gasteiger partial charge in [0.1, 0.15) is 11.5 Å². The SMILES string of the molecule is CCCCCCCC/C=C\CCCCCCCCCC(=O)Oc1ccc2c(c1)CCC1C2CCC2C(=O)CCC21. The van der Waals surface area contributed by atoms with Gasteiger partial charge in [-0.15, -0.1) is 0 Å². The molecule has 4 atom stereocenters. The molecule has 0 heterocycles. The summed E-state index contributed by atoms with van der Waals surface area (Å²) in [4.78, 5) is 24.7. The fourth-order valence-electron chi connectivity index (χ4n) is 7.92. The average Bonchev–Trinajstić information content (AvgIpc) is 3.35. The van der Waals surface area contributed by atoms with Crippen molar-refractivity contribution in [2.75, 3.05) is 0 Å². The molecule has 0 N–H and O–H groups in total. The van der Waals surface area contributed by atoms with Gasteiger partial charge in [0.15, 0.2) is 0 Å². The van der Waals surface area contributed by atoms with Crippen LogP contribution >= 0.6 is 0 Å². The van der Waals surface area contributed by atoms with Crippen molar-refractivity contribution in [3.63, 3.8) is 0 Å². The van der Waals surface area contributed by atoms with Crippen molar-refractivity contribution >= 4 is 11.8 Å². The largest absolute Gasteiger partial charge is 0.427 e. The summed E-state index contributed by atoms with van der Waals surface area (Å²) in [5, 5.41) is 0. The number of fused-ring (bicyclic) bond motifs is 5. The van der Waals surface area contributed by atoms with Gasteiger partial charge >= 0.3 is 5.97 Å². The number of aryl methyl sites for hydroxylation is 1. The Morgan fingerprint density at radius 3 is 2.08 bits per heavy atom. The fourth-order valence-corrected chi connectivity index (χ4v) is 7.92. The van der Waals surface area contributed by atoms with Gasteiger partial charge in [-0.3, -0.25) is 9.59 Å². The van der Waals surface area contributed by atoms with Crippen molar-refractivity contribution in [1.82, 2.24) is 0 Å². The molecule has 0 saturated heterocycles. The first-order valence-corrected chi connectivity index (χ1v) is 17.2. The van der Waals surface area contributed by atoms with Crippen LogP contribution in [-0.4, -0.2) is 11.8 Å². The zero-order chi connectivity index (χ0) is 28.0. The van der Waals surface area contributed by atoms with Crippen molar-refractivity contribution in [2.45, 2.75) is 154 Å². The van der Waals surface area contributed by atoms with E-state index in [1.54, 1.807) is 0 Å². The predicted molar refractivity (Wildman–Crippen MR) is 166 cm³/mol. The van der Waals surface area contributed by atoms with Crippen LogP contribution in [0.3, 0.4) is 0 Å². The number of carbonyl (C=O) groups is 2. The summed E-state index contributed by atoms with van der Waals surface area (Å²) in [7, 11) is 0. The third kappa shape index (κ3) is 9.31. The smallest absolute Gasteiger partial charge is 0.311 e. The highest BCUT2D eigenvalue weighted by molar-refractivity contribution is 5.83. The number of unbranched alkanes of at least 4 members (excludes halogenated alkanes) is 13. The first kappa shape index (κ1) is 31.0. The molecule has 2 fully saturated rings. The second-order valence-corrected chi connectivity index (χ2v) is 13.0. The highest BCUT2D eigenvalue weighted by Gasteiger charge is 2.47. The van der Waals surface area contributed by atoms with Gasteiger partial charge < -0.3 is 4.74 Å². The number of benzene rings is 1. The second-order valence-electron chi connectivity index (χ2n) is 13.0. The van der Waals surface area contributed by atoms with E-state index in [9.17, 15) is 9.59 Å². The van der Waals surface area contributed by atoms with E-state index >= 15 is 0 Å². The number of ketones is 1. The fraction of sp³-hybridized carbons (Fsp3) is 0.730. The molecule has 4 rings (SSSR count). The van der Waals surface area contributed by atoms with Crippen LogP contribution in [-0.2, 0) is 16.0 Å². The Hall–Kier alpha value is -1.90. The van der Waals surface area contributed by atoms with Crippen LogP contribution in [0.1, 0.15) is 159 Å². The summed E-state index contributed by atoms with van der Waals surface area (Å²) < 4.78 is 5.74. The summed E-state index contributed by atoms with van der Waals surface area (Å²) in [5.41, 5.74) is 2.82. The van der Waals surface area contributed by atoms with Crippen molar-refractivity contribution < 1.29 is 14.3 Å². The molecule has 0 amide bonds. The standard InChI is InChI=1S/C37H56O3/c1-2-3-4-5-6-7-8-9-10-11-12-13-14-15-16-17-18-19-37(39)40-30-21-23-31-29(28-30)20-22-33-32(31)24-25-35-34(33)26-27-36(35)38/h9-10,21,23,28,32-35H,2-8,11-20,22,24-27H2,1H3/b10-9-. The maximum atomic E-state index is 12.5. The maximum absolute atomic E-state index is 12.5. The summed E-state index contributed by atoms with van der Waals surface area (Å²) >= 11 is 0. The Morgan fingerprint density at radius 2 is 1.35 bits per heavy atom. The average molecular weight is 549 g/mol. The van der Waals surface area contributed by atoms with Crippen LogP contribution in [0.25, 0.3) is 0 Å². The number of ether oxygens (including phenoxy) is 1. The number of esters is 1. The summed E-state index contributed by atoms with van der Waals surface area (Å²) in [6, 6.07) is 6.35. The predicted octanol–water partition coefficient (Wildman–Crippen LogP) is 10.4. The van der Waals surface area contributed by atoms with E-state index in [-0.39, 0.29) is 5.97 Å². The highest BCUT2D eigenvalue weighted by atomic mass is 16.5. The topological polar surface area (TPSA) is 43.4 Å². The Balaban J connectivity index is 1.02. The van der Waals surface area contributed by atoms with E-state index in [1.165, 1.54) is 101 Å². The molecule has 3 aliphatic carbocycles. The first-order chi connectivity index (χ1) is 19.7. The maximum Gasteiger partial charge on any atom is 0.311 e. The summed E-state index contributed by atoms with van der Waals surface area (Å²) in [6.07, 6.45) is 30.9. The molecule has 222 valence electrons. The lowest BCUT2D eigenvalue weighted by Crippen LogP contribution is -2.35. The molecule has 1 aromatic carbocycles. The Labute approximate surface area is 244 Å².